The Labute approximate surface area is 131 Å². The standard InChI is InChI=1S/C15H11N7O/c16-7-10-1-3-11(4-2-10)23-15-6-14(20-9-21-15)22-13-5-12(17)18-8-19-13/h1-6,8-9H,(H3,17,18,19,20,21,22). The number of nitriles is 1. The van der Waals surface area contributed by atoms with E-state index in [-0.39, 0.29) is 0 Å². The molecule has 0 atom stereocenters. The van der Waals surface area contributed by atoms with Gasteiger partial charge in [-0.2, -0.15) is 5.26 Å². The van der Waals surface area contributed by atoms with Gasteiger partial charge < -0.3 is 15.8 Å². The molecule has 0 saturated carbocycles. The zero-order valence-corrected chi connectivity index (χ0v) is 11.8. The molecule has 3 rings (SSSR count). The molecule has 0 fully saturated rings. The van der Waals surface area contributed by atoms with Crippen molar-refractivity contribution in [2.24, 2.45) is 0 Å². The predicted octanol–water partition coefficient (Wildman–Crippen LogP) is 2.26. The molecular formula is C15H11N7O. The largest absolute Gasteiger partial charge is 0.439 e. The van der Waals surface area contributed by atoms with Crippen LogP contribution in [0.15, 0.2) is 49.1 Å². The van der Waals surface area contributed by atoms with Crippen LogP contribution in [-0.2, 0) is 0 Å². The summed E-state index contributed by atoms with van der Waals surface area (Å²) in [6.45, 7) is 0. The molecule has 3 N–H and O–H groups in total. The molecule has 3 aromatic rings. The van der Waals surface area contributed by atoms with Crippen LogP contribution in [0, 0.1) is 11.3 Å². The predicted molar refractivity (Wildman–Crippen MR) is 83.0 cm³/mol. The molecule has 2 aromatic heterocycles. The van der Waals surface area contributed by atoms with Gasteiger partial charge in [0.1, 0.15) is 35.9 Å². The molecule has 0 radical (unpaired) electrons. The average Bonchev–Trinajstić information content (AvgIpc) is 2.56. The number of hydrogen-bond acceptors (Lipinski definition) is 8. The quantitative estimate of drug-likeness (QED) is 0.752. The molecule has 0 aliphatic heterocycles. The second kappa shape index (κ2) is 6.36. The summed E-state index contributed by atoms with van der Waals surface area (Å²) in [6, 6.07) is 12.0. The minimum Gasteiger partial charge on any atom is -0.439 e. The van der Waals surface area contributed by atoms with Gasteiger partial charge in [-0.1, -0.05) is 0 Å². The molecular weight excluding hydrogens is 294 g/mol. The van der Waals surface area contributed by atoms with Crippen molar-refractivity contribution in [1.82, 2.24) is 19.9 Å². The first-order valence-electron chi connectivity index (χ1n) is 6.57. The third kappa shape index (κ3) is 3.68. The maximum absolute atomic E-state index is 8.78. The minimum atomic E-state index is 0.352. The molecule has 0 amide bonds. The van der Waals surface area contributed by atoms with Gasteiger partial charge in [0, 0.05) is 12.1 Å². The van der Waals surface area contributed by atoms with Crippen molar-refractivity contribution in [3.63, 3.8) is 0 Å². The molecule has 8 heteroatoms. The number of nitrogens with one attached hydrogen (secondary N) is 1. The molecule has 2 heterocycles. The van der Waals surface area contributed by atoms with Gasteiger partial charge in [0.25, 0.3) is 0 Å². The van der Waals surface area contributed by atoms with Crippen molar-refractivity contribution >= 4 is 17.5 Å². The Morgan fingerprint density at radius 2 is 1.65 bits per heavy atom. The SMILES string of the molecule is N#Cc1ccc(Oc2cc(Nc3cc(N)ncn3)ncn2)cc1. The van der Waals surface area contributed by atoms with E-state index < -0.39 is 0 Å². The molecule has 8 nitrogen and oxygen atoms in total. The van der Waals surface area contributed by atoms with Crippen LogP contribution in [0.2, 0.25) is 0 Å². The van der Waals surface area contributed by atoms with E-state index in [9.17, 15) is 0 Å². The van der Waals surface area contributed by atoms with E-state index in [1.165, 1.54) is 12.7 Å². The number of nitrogens with two attached hydrogens (primary N) is 1. The zero-order chi connectivity index (χ0) is 16.1. The topological polar surface area (TPSA) is 123 Å². The smallest absolute Gasteiger partial charge is 0.224 e. The van der Waals surface area contributed by atoms with Gasteiger partial charge in [0.2, 0.25) is 5.88 Å². The Morgan fingerprint density at radius 3 is 2.35 bits per heavy atom. The molecule has 112 valence electrons. The highest BCUT2D eigenvalue weighted by atomic mass is 16.5. The highest BCUT2D eigenvalue weighted by Gasteiger charge is 2.04. The number of nitrogens with zero attached hydrogens (tertiary/aromatic N) is 5. The maximum atomic E-state index is 8.78. The molecule has 1 aromatic carbocycles. The summed E-state index contributed by atoms with van der Waals surface area (Å²) in [5, 5.41) is 11.8. The first-order chi connectivity index (χ1) is 11.2. The van der Waals surface area contributed by atoms with Crippen molar-refractivity contribution in [3.8, 4) is 17.7 Å². The van der Waals surface area contributed by atoms with Crippen LogP contribution >= 0.6 is 0 Å². The van der Waals surface area contributed by atoms with Crippen LogP contribution in [-0.4, -0.2) is 19.9 Å². The average molecular weight is 305 g/mol. The number of ether oxygens (including phenoxy) is 1. The van der Waals surface area contributed by atoms with Gasteiger partial charge in [-0.3, -0.25) is 0 Å². The molecule has 0 saturated heterocycles. The number of hydrogen-bond donors (Lipinski definition) is 2. The van der Waals surface area contributed by atoms with Crippen molar-refractivity contribution in [2.75, 3.05) is 11.1 Å². The normalized spacial score (nSPS) is 9.87. The molecule has 0 bridgehead atoms. The highest BCUT2D eigenvalue weighted by Crippen LogP contribution is 2.22. The summed E-state index contributed by atoms with van der Waals surface area (Å²) in [5.41, 5.74) is 6.16. The monoisotopic (exact) mass is 305 g/mol. The third-order valence-electron chi connectivity index (χ3n) is 2.79. The zero-order valence-electron chi connectivity index (χ0n) is 11.8. The van der Waals surface area contributed by atoms with Crippen LogP contribution in [0.4, 0.5) is 17.5 Å². The lowest BCUT2D eigenvalue weighted by atomic mass is 10.2. The van der Waals surface area contributed by atoms with Crippen LogP contribution in [0.5, 0.6) is 11.6 Å². The lowest BCUT2D eigenvalue weighted by Crippen LogP contribution is -1.99. The van der Waals surface area contributed by atoms with E-state index in [2.05, 4.69) is 25.3 Å². The van der Waals surface area contributed by atoms with Gasteiger partial charge in [0.15, 0.2) is 0 Å². The van der Waals surface area contributed by atoms with Crippen LogP contribution in [0.25, 0.3) is 0 Å². The summed E-state index contributed by atoms with van der Waals surface area (Å²) < 4.78 is 5.62. The van der Waals surface area contributed by atoms with Crippen LogP contribution in [0.1, 0.15) is 5.56 Å². The summed E-state index contributed by atoms with van der Waals surface area (Å²) in [4.78, 5) is 16.0. The number of benzene rings is 1. The Morgan fingerprint density at radius 1 is 0.957 bits per heavy atom. The molecule has 0 aliphatic rings. The Bertz CT molecular complexity index is 858. The fourth-order valence-corrected chi connectivity index (χ4v) is 1.75. The second-order valence-electron chi connectivity index (χ2n) is 4.43. The number of aromatic nitrogens is 4. The van der Waals surface area contributed by atoms with E-state index in [1.807, 2.05) is 6.07 Å². The van der Waals surface area contributed by atoms with Crippen molar-refractivity contribution in [2.45, 2.75) is 0 Å². The van der Waals surface area contributed by atoms with Crippen molar-refractivity contribution < 1.29 is 4.74 Å². The first-order valence-corrected chi connectivity index (χ1v) is 6.57. The number of anilines is 3. The second-order valence-corrected chi connectivity index (χ2v) is 4.43. The summed E-state index contributed by atoms with van der Waals surface area (Å²) in [7, 11) is 0. The number of nitrogen functional groups attached to an aromatic ring is 1. The summed E-state index contributed by atoms with van der Waals surface area (Å²) >= 11 is 0. The van der Waals surface area contributed by atoms with Crippen LogP contribution < -0.4 is 15.8 Å². The molecule has 23 heavy (non-hydrogen) atoms. The van der Waals surface area contributed by atoms with Gasteiger partial charge >= 0.3 is 0 Å². The van der Waals surface area contributed by atoms with E-state index in [4.69, 9.17) is 15.7 Å². The highest BCUT2D eigenvalue weighted by molar-refractivity contribution is 5.55. The fraction of sp³-hybridized carbons (Fsp3) is 0. The minimum absolute atomic E-state index is 0.352. The van der Waals surface area contributed by atoms with Crippen LogP contribution in [0.3, 0.4) is 0 Å². The molecule has 0 aliphatic carbocycles. The Hall–Kier alpha value is -3.73. The summed E-state index contributed by atoms with van der Waals surface area (Å²) in [6.07, 6.45) is 2.72. The Balaban J connectivity index is 1.75. The lowest BCUT2D eigenvalue weighted by Gasteiger charge is -2.07. The van der Waals surface area contributed by atoms with Gasteiger partial charge in [-0.05, 0) is 24.3 Å². The Kier molecular flexibility index (Phi) is 3.93. The molecule has 0 spiro atoms. The van der Waals surface area contributed by atoms with E-state index in [1.54, 1.807) is 36.4 Å². The van der Waals surface area contributed by atoms with E-state index in [0.29, 0.717) is 34.6 Å². The van der Waals surface area contributed by atoms with E-state index in [0.717, 1.165) is 0 Å². The van der Waals surface area contributed by atoms with Crippen molar-refractivity contribution in [1.29, 1.82) is 5.26 Å². The summed E-state index contributed by atoms with van der Waals surface area (Å²) in [5.74, 6) is 2.29. The van der Waals surface area contributed by atoms with Gasteiger partial charge in [-0.15, -0.1) is 0 Å². The van der Waals surface area contributed by atoms with Crippen molar-refractivity contribution in [3.05, 3.63) is 54.6 Å². The lowest BCUT2D eigenvalue weighted by molar-refractivity contribution is 0.462. The first kappa shape index (κ1) is 14.2. The fourth-order valence-electron chi connectivity index (χ4n) is 1.75. The molecule has 0 unspecified atom stereocenters. The van der Waals surface area contributed by atoms with E-state index >= 15 is 0 Å². The van der Waals surface area contributed by atoms with Gasteiger partial charge in [-0.25, -0.2) is 19.9 Å². The third-order valence-corrected chi connectivity index (χ3v) is 2.79. The number of rotatable bonds is 4. The maximum Gasteiger partial charge on any atom is 0.224 e. The van der Waals surface area contributed by atoms with Gasteiger partial charge in [0.05, 0.1) is 11.6 Å².